The highest BCUT2D eigenvalue weighted by Crippen LogP contribution is 2.35. The molecule has 2 aromatic carbocycles. The van der Waals surface area contributed by atoms with Crippen molar-refractivity contribution in [2.24, 2.45) is 0 Å². The maximum atomic E-state index is 14.0. The van der Waals surface area contributed by atoms with E-state index in [4.69, 9.17) is 4.74 Å². The average Bonchev–Trinajstić information content (AvgIpc) is 3.28. The van der Waals surface area contributed by atoms with Crippen LogP contribution in [0.2, 0.25) is 0 Å². The van der Waals surface area contributed by atoms with Crippen LogP contribution in [0.5, 0.6) is 5.75 Å². The Morgan fingerprint density at radius 3 is 2.58 bits per heavy atom. The van der Waals surface area contributed by atoms with Crippen molar-refractivity contribution < 1.29 is 27.4 Å². The maximum Gasteiger partial charge on any atom is 0.309 e. The number of hydrogen-bond acceptors (Lipinski definition) is 5. The van der Waals surface area contributed by atoms with Gasteiger partial charge in [-0.2, -0.15) is 9.40 Å². The number of carboxylic acid groups (broad SMARTS) is 1. The lowest BCUT2D eigenvalue weighted by molar-refractivity contribution is -0.136. The quantitative estimate of drug-likeness (QED) is 0.560. The molecule has 1 aliphatic heterocycles. The number of hydrogen-bond donors (Lipinski definition) is 1. The largest absolute Gasteiger partial charge is 0.491 e. The van der Waals surface area contributed by atoms with Gasteiger partial charge in [0.05, 0.1) is 34.7 Å². The molecule has 2 heterocycles. The van der Waals surface area contributed by atoms with Crippen molar-refractivity contribution in [3.05, 3.63) is 54.0 Å². The van der Waals surface area contributed by atoms with Crippen LogP contribution in [0, 0.1) is 5.82 Å². The number of nitrogens with zero attached hydrogens (tertiary/aromatic N) is 3. The summed E-state index contributed by atoms with van der Waals surface area (Å²) < 4.78 is 49.2. The van der Waals surface area contributed by atoms with Gasteiger partial charge >= 0.3 is 5.97 Å². The van der Waals surface area contributed by atoms with Gasteiger partial charge < -0.3 is 9.84 Å². The number of aromatic nitrogens is 2. The van der Waals surface area contributed by atoms with Crippen molar-refractivity contribution >= 4 is 26.9 Å². The van der Waals surface area contributed by atoms with Crippen LogP contribution >= 0.6 is 0 Å². The van der Waals surface area contributed by atoms with Crippen molar-refractivity contribution in [3.8, 4) is 5.75 Å². The Kier molecular flexibility index (Phi) is 6.15. The molecule has 8 nitrogen and oxygen atoms in total. The van der Waals surface area contributed by atoms with E-state index in [1.54, 1.807) is 16.8 Å². The van der Waals surface area contributed by atoms with Gasteiger partial charge in [0.1, 0.15) is 11.6 Å². The summed E-state index contributed by atoms with van der Waals surface area (Å²) in [5.74, 6) is -0.920. The van der Waals surface area contributed by atoms with Crippen molar-refractivity contribution in [3.63, 3.8) is 0 Å². The average molecular weight is 476 g/mol. The van der Waals surface area contributed by atoms with E-state index >= 15 is 0 Å². The molecular formula is C23H26FN3O5S. The molecular weight excluding hydrogens is 449 g/mol. The standard InChI is InChI=1S/C23H26FN3O5S/c1-14(2)32-18-5-7-19(8-6-18)33(30,31)26-13-17(10-15(26)3)27-22-11-16(24)4-9-20(22)21(25-27)12-23(28)29/h4-9,11,14-15,17H,10,12-13H2,1-3H3,(H,28,29)/t15-,17+/m0/s1. The summed E-state index contributed by atoms with van der Waals surface area (Å²) in [5.41, 5.74) is 0.782. The summed E-state index contributed by atoms with van der Waals surface area (Å²) in [7, 11) is -3.78. The molecule has 1 saturated heterocycles. The maximum absolute atomic E-state index is 14.0. The van der Waals surface area contributed by atoms with Crippen molar-refractivity contribution in [2.45, 2.75) is 56.7 Å². The van der Waals surface area contributed by atoms with Gasteiger partial charge in [0.2, 0.25) is 10.0 Å². The van der Waals surface area contributed by atoms with Gasteiger partial charge in [-0.25, -0.2) is 12.8 Å². The van der Waals surface area contributed by atoms with Crippen LogP contribution in [-0.2, 0) is 21.2 Å². The number of aliphatic carboxylic acids is 1. The fraction of sp³-hybridized carbons (Fsp3) is 0.391. The molecule has 0 bridgehead atoms. The van der Waals surface area contributed by atoms with E-state index in [-0.39, 0.29) is 36.0 Å². The number of ether oxygens (including phenoxy) is 1. The zero-order valence-electron chi connectivity index (χ0n) is 18.6. The van der Waals surface area contributed by atoms with Gasteiger partial charge in [-0.3, -0.25) is 9.48 Å². The molecule has 1 aromatic heterocycles. The monoisotopic (exact) mass is 475 g/mol. The third-order valence-electron chi connectivity index (χ3n) is 5.71. The minimum absolute atomic E-state index is 0.0217. The second-order valence-electron chi connectivity index (χ2n) is 8.57. The summed E-state index contributed by atoms with van der Waals surface area (Å²) >= 11 is 0. The number of halogens is 1. The molecule has 1 N–H and O–H groups in total. The highest BCUT2D eigenvalue weighted by Gasteiger charge is 2.39. The van der Waals surface area contributed by atoms with Crippen LogP contribution < -0.4 is 4.74 Å². The van der Waals surface area contributed by atoms with Gasteiger partial charge in [0.25, 0.3) is 0 Å². The highest BCUT2D eigenvalue weighted by molar-refractivity contribution is 7.89. The number of rotatable bonds is 7. The number of carbonyl (C=O) groups is 1. The third-order valence-corrected chi connectivity index (χ3v) is 7.70. The van der Waals surface area contributed by atoms with Crippen LogP contribution in [0.4, 0.5) is 4.39 Å². The van der Waals surface area contributed by atoms with E-state index in [2.05, 4.69) is 5.10 Å². The van der Waals surface area contributed by atoms with Gasteiger partial charge in [0, 0.05) is 18.0 Å². The summed E-state index contributed by atoms with van der Waals surface area (Å²) in [6, 6.07) is 9.73. The minimum Gasteiger partial charge on any atom is -0.491 e. The first-order valence-corrected chi connectivity index (χ1v) is 12.2. The second kappa shape index (κ2) is 8.75. The van der Waals surface area contributed by atoms with Crippen LogP contribution in [0.15, 0.2) is 47.4 Å². The molecule has 0 amide bonds. The van der Waals surface area contributed by atoms with Crippen LogP contribution in [-0.4, -0.2) is 52.3 Å². The van der Waals surface area contributed by atoms with E-state index in [9.17, 15) is 22.7 Å². The van der Waals surface area contributed by atoms with Crippen LogP contribution in [0.25, 0.3) is 10.9 Å². The molecule has 2 atom stereocenters. The number of benzene rings is 2. The molecule has 3 aromatic rings. The molecule has 0 aliphatic carbocycles. The predicted molar refractivity (Wildman–Crippen MR) is 120 cm³/mol. The lowest BCUT2D eigenvalue weighted by atomic mass is 10.1. The summed E-state index contributed by atoms with van der Waals surface area (Å²) in [4.78, 5) is 11.4. The highest BCUT2D eigenvalue weighted by atomic mass is 32.2. The Balaban J connectivity index is 1.64. The minimum atomic E-state index is -3.78. The Bertz CT molecular complexity index is 1290. The second-order valence-corrected chi connectivity index (χ2v) is 10.5. The first-order valence-electron chi connectivity index (χ1n) is 10.7. The summed E-state index contributed by atoms with van der Waals surface area (Å²) in [6.07, 6.45) is 0.143. The molecule has 4 rings (SSSR count). The molecule has 176 valence electrons. The van der Waals surface area contributed by atoms with Gasteiger partial charge in [-0.15, -0.1) is 0 Å². The van der Waals surface area contributed by atoms with Gasteiger partial charge in [-0.1, -0.05) is 0 Å². The summed E-state index contributed by atoms with van der Waals surface area (Å²) in [6.45, 7) is 5.75. The Hall–Kier alpha value is -2.98. The zero-order valence-corrected chi connectivity index (χ0v) is 19.4. The molecule has 0 saturated carbocycles. The van der Waals surface area contributed by atoms with Gasteiger partial charge in [0.15, 0.2) is 0 Å². The van der Waals surface area contributed by atoms with Crippen LogP contribution in [0.1, 0.15) is 38.9 Å². The fourth-order valence-corrected chi connectivity index (χ4v) is 5.99. The molecule has 1 fully saturated rings. The third kappa shape index (κ3) is 4.58. The van der Waals surface area contributed by atoms with Crippen molar-refractivity contribution in [2.75, 3.05) is 6.54 Å². The molecule has 1 aliphatic rings. The smallest absolute Gasteiger partial charge is 0.309 e. The molecule has 0 radical (unpaired) electrons. The first-order chi connectivity index (χ1) is 15.6. The Morgan fingerprint density at radius 1 is 1.24 bits per heavy atom. The van der Waals surface area contributed by atoms with E-state index in [1.165, 1.54) is 34.6 Å². The Morgan fingerprint density at radius 2 is 1.94 bits per heavy atom. The van der Waals surface area contributed by atoms with E-state index in [1.807, 2.05) is 20.8 Å². The number of carboxylic acids is 1. The topological polar surface area (TPSA) is 102 Å². The first kappa shape index (κ1) is 23.2. The Labute approximate surface area is 191 Å². The SMILES string of the molecule is CC(C)Oc1ccc(S(=O)(=O)N2C[C@H](n3nc(CC(=O)O)c4ccc(F)cc43)C[C@@H]2C)cc1. The van der Waals surface area contributed by atoms with E-state index in [0.29, 0.717) is 28.8 Å². The normalized spacial score (nSPS) is 19.4. The predicted octanol–water partition coefficient (Wildman–Crippen LogP) is 3.61. The van der Waals surface area contributed by atoms with Gasteiger partial charge in [-0.05, 0) is 69.7 Å². The lowest BCUT2D eigenvalue weighted by Crippen LogP contribution is -2.34. The zero-order chi connectivity index (χ0) is 23.9. The molecule has 10 heteroatoms. The van der Waals surface area contributed by atoms with E-state index < -0.39 is 21.8 Å². The fourth-order valence-electron chi connectivity index (χ4n) is 4.31. The van der Waals surface area contributed by atoms with E-state index in [0.717, 1.165) is 0 Å². The summed E-state index contributed by atoms with van der Waals surface area (Å²) in [5, 5.41) is 14.2. The van der Waals surface area contributed by atoms with Crippen molar-refractivity contribution in [1.29, 1.82) is 0 Å². The molecule has 0 spiro atoms. The molecule has 33 heavy (non-hydrogen) atoms. The number of sulfonamides is 1. The van der Waals surface area contributed by atoms with Crippen LogP contribution in [0.3, 0.4) is 0 Å². The lowest BCUT2D eigenvalue weighted by Gasteiger charge is -2.21. The number of fused-ring (bicyclic) bond motifs is 1. The molecule has 0 unspecified atom stereocenters. The van der Waals surface area contributed by atoms with Crippen molar-refractivity contribution in [1.82, 2.24) is 14.1 Å².